The molecule has 8 heteroatoms. The second-order valence-corrected chi connectivity index (χ2v) is 12.1. The zero-order chi connectivity index (χ0) is 26.8. The van der Waals surface area contributed by atoms with Crippen molar-refractivity contribution in [2.24, 2.45) is 34.5 Å². The first-order chi connectivity index (χ1) is 16.7. The van der Waals surface area contributed by atoms with Crippen molar-refractivity contribution < 1.29 is 38.1 Å². The lowest BCUT2D eigenvalue weighted by Crippen LogP contribution is -2.71. The van der Waals surface area contributed by atoms with E-state index in [2.05, 4.69) is 0 Å². The maximum Gasteiger partial charge on any atom is 0.306 e. The lowest BCUT2D eigenvalue weighted by atomic mass is 9.42. The molecule has 3 fully saturated rings. The highest BCUT2D eigenvalue weighted by molar-refractivity contribution is 5.94. The van der Waals surface area contributed by atoms with Crippen molar-refractivity contribution >= 4 is 23.5 Å². The largest absolute Gasteiger partial charge is 0.458 e. The van der Waals surface area contributed by atoms with Crippen molar-refractivity contribution in [3.8, 4) is 0 Å². The van der Waals surface area contributed by atoms with Crippen molar-refractivity contribution in [3.05, 3.63) is 11.6 Å². The smallest absolute Gasteiger partial charge is 0.306 e. The summed E-state index contributed by atoms with van der Waals surface area (Å²) < 4.78 is 28.6. The number of Topliss-reactive ketones (excluding diaryl/α,β-unsaturated/α-hetero) is 1. The lowest BCUT2D eigenvalue weighted by molar-refractivity contribution is -0.238. The zero-order valence-corrected chi connectivity index (χ0v) is 22.2. The SMILES string of the molecule is CCC(=O)O[C@]1(C(=O)COC(C)=O)[C@@H](C)C[C@H]2[C@@H]3C[C@H](C)C4=CC(=O)CC[C@]4(C)[C@@]3(F)[C@@H](O)C[C@@]21C. The van der Waals surface area contributed by atoms with Crippen LogP contribution in [0.15, 0.2) is 11.6 Å². The van der Waals surface area contributed by atoms with Crippen LogP contribution in [0, 0.1) is 34.5 Å². The molecule has 0 bridgehead atoms. The van der Waals surface area contributed by atoms with E-state index in [-0.39, 0.29) is 36.9 Å². The van der Waals surface area contributed by atoms with Crippen LogP contribution >= 0.6 is 0 Å². The predicted octanol–water partition coefficient (Wildman–Crippen LogP) is 3.90. The Morgan fingerprint density at radius 3 is 2.44 bits per heavy atom. The summed E-state index contributed by atoms with van der Waals surface area (Å²) in [7, 11) is 0. The monoisotopic (exact) mass is 506 g/mol. The maximum absolute atomic E-state index is 17.5. The van der Waals surface area contributed by atoms with Crippen molar-refractivity contribution in [1.29, 1.82) is 0 Å². The summed E-state index contributed by atoms with van der Waals surface area (Å²) in [5.74, 6) is -3.22. The predicted molar refractivity (Wildman–Crippen MR) is 128 cm³/mol. The van der Waals surface area contributed by atoms with Gasteiger partial charge in [0.05, 0.1) is 6.10 Å². The number of hydrogen-bond donors (Lipinski definition) is 1. The normalized spacial score (nSPS) is 45.6. The van der Waals surface area contributed by atoms with E-state index in [1.54, 1.807) is 13.0 Å². The highest BCUT2D eigenvalue weighted by Crippen LogP contribution is 2.72. The summed E-state index contributed by atoms with van der Waals surface area (Å²) in [5.41, 5.74) is -4.93. The van der Waals surface area contributed by atoms with Crippen LogP contribution in [0.3, 0.4) is 0 Å². The molecule has 200 valence electrons. The van der Waals surface area contributed by atoms with Gasteiger partial charge in [0.25, 0.3) is 0 Å². The van der Waals surface area contributed by atoms with Gasteiger partial charge in [-0.1, -0.05) is 40.2 Å². The van der Waals surface area contributed by atoms with E-state index in [1.165, 1.54) is 6.92 Å². The van der Waals surface area contributed by atoms with E-state index in [0.717, 1.165) is 5.57 Å². The van der Waals surface area contributed by atoms with Gasteiger partial charge in [0.15, 0.2) is 18.0 Å². The highest BCUT2D eigenvalue weighted by atomic mass is 19.1. The molecule has 9 atom stereocenters. The molecule has 0 heterocycles. The Hall–Kier alpha value is -2.09. The van der Waals surface area contributed by atoms with E-state index < -0.39 is 64.4 Å². The van der Waals surface area contributed by atoms with Crippen molar-refractivity contribution in [2.75, 3.05) is 6.61 Å². The molecule has 0 aromatic rings. The molecule has 7 nitrogen and oxygen atoms in total. The number of carbonyl (C=O) groups excluding carboxylic acids is 4. The van der Waals surface area contributed by atoms with Crippen LogP contribution in [0.4, 0.5) is 4.39 Å². The van der Waals surface area contributed by atoms with Gasteiger partial charge < -0.3 is 14.6 Å². The number of fused-ring (bicyclic) bond motifs is 5. The molecule has 0 radical (unpaired) electrons. The van der Waals surface area contributed by atoms with Gasteiger partial charge in [-0.2, -0.15) is 0 Å². The first-order valence-corrected chi connectivity index (χ1v) is 13.2. The van der Waals surface area contributed by atoms with Crippen LogP contribution in [-0.2, 0) is 28.7 Å². The number of ketones is 2. The Kier molecular flexibility index (Phi) is 6.55. The number of aliphatic hydroxyl groups excluding tert-OH is 1. The molecule has 3 saturated carbocycles. The number of alkyl halides is 1. The fourth-order valence-corrected chi connectivity index (χ4v) is 8.68. The number of rotatable bonds is 5. The topological polar surface area (TPSA) is 107 Å². The van der Waals surface area contributed by atoms with Gasteiger partial charge in [0.1, 0.15) is 5.67 Å². The van der Waals surface area contributed by atoms with Gasteiger partial charge in [0.2, 0.25) is 5.78 Å². The number of carbonyl (C=O) groups is 4. The second kappa shape index (κ2) is 8.74. The summed E-state index contributed by atoms with van der Waals surface area (Å²) in [6.07, 6.45) is 1.54. The lowest BCUT2D eigenvalue weighted by Gasteiger charge is -2.64. The van der Waals surface area contributed by atoms with E-state index in [1.807, 2.05) is 27.7 Å². The van der Waals surface area contributed by atoms with Gasteiger partial charge in [-0.15, -0.1) is 0 Å². The first kappa shape index (κ1) is 27.0. The van der Waals surface area contributed by atoms with Crippen LogP contribution in [0.1, 0.15) is 80.1 Å². The first-order valence-electron chi connectivity index (χ1n) is 13.2. The molecule has 0 spiro atoms. The molecule has 4 rings (SSSR count). The Morgan fingerprint density at radius 2 is 1.83 bits per heavy atom. The minimum absolute atomic E-state index is 0.0115. The third-order valence-corrected chi connectivity index (χ3v) is 10.3. The van der Waals surface area contributed by atoms with Crippen molar-refractivity contribution in [2.45, 2.75) is 97.4 Å². The minimum Gasteiger partial charge on any atom is -0.458 e. The molecule has 36 heavy (non-hydrogen) atoms. The number of aliphatic hydroxyl groups is 1. The molecule has 0 amide bonds. The van der Waals surface area contributed by atoms with Crippen molar-refractivity contribution in [1.82, 2.24) is 0 Å². The fourth-order valence-electron chi connectivity index (χ4n) is 8.68. The number of hydrogen-bond acceptors (Lipinski definition) is 7. The fraction of sp³-hybridized carbons (Fsp3) is 0.786. The molecule has 0 aliphatic heterocycles. The number of halogens is 1. The van der Waals surface area contributed by atoms with Crippen LogP contribution in [-0.4, -0.2) is 52.6 Å². The molecule has 0 aromatic carbocycles. The van der Waals surface area contributed by atoms with Crippen LogP contribution in [0.25, 0.3) is 0 Å². The molecular weight excluding hydrogens is 467 g/mol. The maximum atomic E-state index is 17.5. The van der Waals surface area contributed by atoms with E-state index in [0.29, 0.717) is 19.3 Å². The summed E-state index contributed by atoms with van der Waals surface area (Å²) >= 11 is 0. The highest BCUT2D eigenvalue weighted by Gasteiger charge is 2.77. The van der Waals surface area contributed by atoms with E-state index in [9.17, 15) is 24.3 Å². The van der Waals surface area contributed by atoms with Gasteiger partial charge in [0, 0.05) is 42.4 Å². The summed E-state index contributed by atoms with van der Waals surface area (Å²) in [6.45, 7) is 9.75. The average molecular weight is 507 g/mol. The van der Waals surface area contributed by atoms with Crippen LogP contribution in [0.5, 0.6) is 0 Å². The van der Waals surface area contributed by atoms with Gasteiger partial charge >= 0.3 is 11.9 Å². The standard InChI is InChI=1S/C28H39FO7/c1-7-24(34)36-28(23(33)14-35-17(4)30)16(3)11-20-21-10-15(2)19-12-18(31)8-9-25(19,5)27(21,29)22(32)13-26(20,28)6/h12,15-16,20-22,32H,7-11,13-14H2,1-6H3/t15-,16-,20-,21-,22-,25-,26-,27-,28-/m0/s1. The van der Waals surface area contributed by atoms with Crippen LogP contribution < -0.4 is 0 Å². The molecule has 4 aliphatic carbocycles. The van der Waals surface area contributed by atoms with Gasteiger partial charge in [-0.25, -0.2) is 4.39 Å². The third kappa shape index (κ3) is 3.38. The van der Waals surface area contributed by atoms with E-state index >= 15 is 4.39 Å². The molecule has 1 N–H and O–H groups in total. The van der Waals surface area contributed by atoms with Crippen molar-refractivity contribution in [3.63, 3.8) is 0 Å². The molecule has 0 aromatic heterocycles. The molecule has 0 saturated heterocycles. The second-order valence-electron chi connectivity index (χ2n) is 12.1. The quantitative estimate of drug-likeness (QED) is 0.564. The molecule has 4 aliphatic rings. The Labute approximate surface area is 212 Å². The number of ether oxygens (including phenoxy) is 2. The van der Waals surface area contributed by atoms with Gasteiger partial charge in [-0.3, -0.25) is 19.2 Å². The molecule has 0 unspecified atom stereocenters. The Balaban J connectivity index is 1.84. The summed E-state index contributed by atoms with van der Waals surface area (Å²) in [5, 5.41) is 11.6. The third-order valence-electron chi connectivity index (χ3n) is 10.3. The summed E-state index contributed by atoms with van der Waals surface area (Å²) in [6, 6.07) is 0. The summed E-state index contributed by atoms with van der Waals surface area (Å²) in [4.78, 5) is 50.2. The molecular formula is C28H39FO7. The number of esters is 2. The van der Waals surface area contributed by atoms with Crippen LogP contribution in [0.2, 0.25) is 0 Å². The number of allylic oxidation sites excluding steroid dienone is 1. The Morgan fingerprint density at radius 1 is 1.17 bits per heavy atom. The van der Waals surface area contributed by atoms with E-state index in [4.69, 9.17) is 9.47 Å². The Bertz CT molecular complexity index is 1020. The average Bonchev–Trinajstić information content (AvgIpc) is 3.02. The zero-order valence-electron chi connectivity index (χ0n) is 22.2. The minimum atomic E-state index is -1.99. The van der Waals surface area contributed by atoms with Gasteiger partial charge in [-0.05, 0) is 43.6 Å².